The van der Waals surface area contributed by atoms with Crippen LogP contribution in [-0.2, 0) is 0 Å². The topological polar surface area (TPSA) is 0 Å². The minimum absolute atomic E-state index is 0.307. The third-order valence-corrected chi connectivity index (χ3v) is 3.90. The molecule has 1 aromatic carbocycles. The highest BCUT2D eigenvalue weighted by molar-refractivity contribution is 5.83. The Morgan fingerprint density at radius 2 is 1.23 bits per heavy atom. The molecule has 0 saturated heterocycles. The molecule has 3 aliphatic carbocycles. The Hall–Kier alpha value is -1.86. The normalized spacial score (nSPS) is 35.5. The van der Waals surface area contributed by atoms with Gasteiger partial charge in [0.15, 0.2) is 11.7 Å². The van der Waals surface area contributed by atoms with Gasteiger partial charge in [-0.25, -0.2) is 17.6 Å². The lowest BCUT2D eigenvalue weighted by Crippen LogP contribution is -2.71. The first-order valence-electron chi connectivity index (χ1n) is 6.00. The molecule has 0 N–H and O–H groups in total. The molecule has 8 heteroatoms. The van der Waals surface area contributed by atoms with E-state index in [1.807, 2.05) is 0 Å². The van der Waals surface area contributed by atoms with Crippen LogP contribution in [-0.4, -0.2) is 23.2 Å². The highest BCUT2D eigenvalue weighted by atomic mass is 19.3. The first kappa shape index (κ1) is 15.1. The number of benzene rings is 1. The van der Waals surface area contributed by atoms with Gasteiger partial charge >= 0.3 is 11.8 Å². The Balaban J connectivity index is 2.40. The Morgan fingerprint density at radius 1 is 0.682 bits per heavy atom. The summed E-state index contributed by atoms with van der Waals surface area (Å²) >= 11 is 0. The minimum atomic E-state index is -5.80. The standard InChI is InChI=1S/C14H6F8/c15-9-10(16)12(18)8(7-4-2-1-3-5-7)6-11(9,17)13(19,20)14(12,21)22/h1-6H. The van der Waals surface area contributed by atoms with Crippen LogP contribution in [0.4, 0.5) is 35.1 Å². The summed E-state index contributed by atoms with van der Waals surface area (Å²) in [4.78, 5) is 0. The van der Waals surface area contributed by atoms with Gasteiger partial charge in [0.05, 0.1) is 0 Å². The summed E-state index contributed by atoms with van der Waals surface area (Å²) in [7, 11) is 0. The number of alkyl halides is 6. The van der Waals surface area contributed by atoms with Gasteiger partial charge in [-0.15, -0.1) is 0 Å². The van der Waals surface area contributed by atoms with E-state index in [4.69, 9.17) is 0 Å². The Labute approximate surface area is 118 Å². The molecule has 0 spiro atoms. The number of hydrogen-bond donors (Lipinski definition) is 0. The van der Waals surface area contributed by atoms with Gasteiger partial charge in [-0.3, -0.25) is 0 Å². The second kappa shape index (κ2) is 3.91. The van der Waals surface area contributed by atoms with E-state index in [-0.39, 0.29) is 6.08 Å². The van der Waals surface area contributed by atoms with Crippen LogP contribution in [0.5, 0.6) is 0 Å². The molecular formula is C14H6F8. The quantitative estimate of drug-likeness (QED) is 0.642. The van der Waals surface area contributed by atoms with E-state index < -0.39 is 46.0 Å². The van der Waals surface area contributed by atoms with Crippen molar-refractivity contribution >= 4 is 5.57 Å². The molecule has 0 nitrogen and oxygen atoms in total. The molecule has 1 aromatic rings. The Kier molecular flexibility index (Phi) is 2.67. The van der Waals surface area contributed by atoms with Gasteiger partial charge < -0.3 is 0 Å². The van der Waals surface area contributed by atoms with Crippen molar-refractivity contribution in [1.82, 2.24) is 0 Å². The SMILES string of the molecule is FC1=C(F)C2(F)C(c3ccccc3)=CC1(F)C(F)(F)C2(F)F. The molecular weight excluding hydrogens is 320 g/mol. The van der Waals surface area contributed by atoms with E-state index in [0.717, 1.165) is 12.1 Å². The fraction of sp³-hybridized carbons (Fsp3) is 0.286. The lowest BCUT2D eigenvalue weighted by Gasteiger charge is -2.50. The van der Waals surface area contributed by atoms with Crippen LogP contribution in [0.25, 0.3) is 5.57 Å². The summed E-state index contributed by atoms with van der Waals surface area (Å²) in [6.07, 6.45) is -0.307. The van der Waals surface area contributed by atoms with Crippen molar-refractivity contribution in [2.24, 2.45) is 0 Å². The molecule has 0 radical (unpaired) electrons. The molecule has 0 amide bonds. The zero-order chi connectivity index (χ0) is 16.6. The van der Waals surface area contributed by atoms with Crippen molar-refractivity contribution in [2.75, 3.05) is 0 Å². The van der Waals surface area contributed by atoms with Crippen LogP contribution >= 0.6 is 0 Å². The van der Waals surface area contributed by atoms with Gasteiger partial charge in [0.25, 0.3) is 11.3 Å². The maximum atomic E-state index is 14.6. The van der Waals surface area contributed by atoms with Crippen LogP contribution in [0.1, 0.15) is 5.56 Å². The fourth-order valence-electron chi connectivity index (χ4n) is 2.67. The summed E-state index contributed by atoms with van der Waals surface area (Å²) in [5, 5.41) is 0. The largest absolute Gasteiger partial charge is 0.358 e. The van der Waals surface area contributed by atoms with Crippen LogP contribution in [0.2, 0.25) is 0 Å². The molecule has 0 aliphatic heterocycles. The average molecular weight is 326 g/mol. The van der Waals surface area contributed by atoms with Gasteiger partial charge in [-0.2, -0.15) is 17.6 Å². The van der Waals surface area contributed by atoms with Gasteiger partial charge in [0, 0.05) is 5.57 Å². The van der Waals surface area contributed by atoms with E-state index in [0.29, 0.717) is 0 Å². The number of rotatable bonds is 1. The molecule has 3 aliphatic rings. The van der Waals surface area contributed by atoms with E-state index in [2.05, 4.69) is 0 Å². The molecule has 4 rings (SSSR count). The maximum absolute atomic E-state index is 14.6. The van der Waals surface area contributed by atoms with Gasteiger partial charge in [0.1, 0.15) is 0 Å². The summed E-state index contributed by atoms with van der Waals surface area (Å²) < 4.78 is 111. The number of fused-ring (bicyclic) bond motifs is 1. The lowest BCUT2D eigenvalue weighted by molar-refractivity contribution is -0.303. The van der Waals surface area contributed by atoms with Crippen LogP contribution in [0, 0.1) is 0 Å². The molecule has 22 heavy (non-hydrogen) atoms. The predicted molar refractivity (Wildman–Crippen MR) is 61.2 cm³/mol. The van der Waals surface area contributed by atoms with Crippen molar-refractivity contribution in [3.05, 3.63) is 53.6 Å². The Bertz CT molecular complexity index is 705. The third kappa shape index (κ3) is 1.30. The molecule has 0 heterocycles. The van der Waals surface area contributed by atoms with Crippen LogP contribution < -0.4 is 0 Å². The zero-order valence-electron chi connectivity index (χ0n) is 10.5. The third-order valence-electron chi connectivity index (χ3n) is 3.90. The summed E-state index contributed by atoms with van der Waals surface area (Å²) in [6.45, 7) is 0. The molecule has 0 fully saturated rings. The molecule has 2 atom stereocenters. The Morgan fingerprint density at radius 3 is 1.77 bits per heavy atom. The molecule has 2 unspecified atom stereocenters. The monoisotopic (exact) mass is 326 g/mol. The first-order valence-corrected chi connectivity index (χ1v) is 6.00. The van der Waals surface area contributed by atoms with Crippen molar-refractivity contribution in [3.63, 3.8) is 0 Å². The molecule has 2 bridgehead atoms. The first-order chi connectivity index (χ1) is 10.0. The minimum Gasteiger partial charge on any atom is -0.224 e. The number of allylic oxidation sites excluding steroid dienone is 4. The molecule has 0 aromatic heterocycles. The lowest BCUT2D eigenvalue weighted by atomic mass is 9.64. The number of halogens is 8. The van der Waals surface area contributed by atoms with Crippen LogP contribution in [0.15, 0.2) is 48.1 Å². The summed E-state index contributed by atoms with van der Waals surface area (Å²) in [6, 6.07) is 5.83. The maximum Gasteiger partial charge on any atom is 0.358 e. The van der Waals surface area contributed by atoms with Gasteiger partial charge in [0.2, 0.25) is 0 Å². The average Bonchev–Trinajstić information content (AvgIpc) is 2.48. The smallest absolute Gasteiger partial charge is 0.224 e. The highest BCUT2D eigenvalue weighted by Gasteiger charge is 2.88. The number of hydrogen-bond acceptors (Lipinski definition) is 0. The van der Waals surface area contributed by atoms with Gasteiger partial charge in [-0.1, -0.05) is 30.3 Å². The fourth-order valence-corrected chi connectivity index (χ4v) is 2.67. The molecule has 0 saturated carbocycles. The van der Waals surface area contributed by atoms with Crippen molar-refractivity contribution in [3.8, 4) is 0 Å². The van der Waals surface area contributed by atoms with Crippen molar-refractivity contribution in [1.29, 1.82) is 0 Å². The van der Waals surface area contributed by atoms with E-state index in [1.165, 1.54) is 18.2 Å². The summed E-state index contributed by atoms with van der Waals surface area (Å²) in [5.74, 6) is -17.3. The van der Waals surface area contributed by atoms with Gasteiger partial charge in [-0.05, 0) is 11.6 Å². The summed E-state index contributed by atoms with van der Waals surface area (Å²) in [5.41, 5.74) is -11.4. The van der Waals surface area contributed by atoms with E-state index >= 15 is 0 Å². The second-order valence-electron chi connectivity index (χ2n) is 5.07. The zero-order valence-corrected chi connectivity index (χ0v) is 10.5. The second-order valence-corrected chi connectivity index (χ2v) is 5.07. The molecule has 118 valence electrons. The predicted octanol–water partition coefficient (Wildman–Crippen LogP) is 4.94. The highest BCUT2D eigenvalue weighted by Crippen LogP contribution is 2.68. The van der Waals surface area contributed by atoms with Crippen molar-refractivity contribution in [2.45, 2.75) is 23.2 Å². The van der Waals surface area contributed by atoms with E-state index in [9.17, 15) is 35.1 Å². The van der Waals surface area contributed by atoms with E-state index in [1.54, 1.807) is 0 Å². The van der Waals surface area contributed by atoms with Crippen LogP contribution in [0.3, 0.4) is 0 Å². The van der Waals surface area contributed by atoms with Crippen molar-refractivity contribution < 1.29 is 35.1 Å².